The summed E-state index contributed by atoms with van der Waals surface area (Å²) in [4.78, 5) is 39.1. The van der Waals surface area contributed by atoms with Gasteiger partial charge in [-0.2, -0.15) is 0 Å². The molecule has 130 valence electrons. The quantitative estimate of drug-likeness (QED) is 0.810. The highest BCUT2D eigenvalue weighted by Gasteiger charge is 2.48. The number of hydrogen-bond acceptors (Lipinski definition) is 5. The van der Waals surface area contributed by atoms with Crippen molar-refractivity contribution >= 4 is 11.8 Å². The van der Waals surface area contributed by atoms with E-state index in [2.05, 4.69) is 14.9 Å². The van der Waals surface area contributed by atoms with Crippen LogP contribution in [0.2, 0.25) is 0 Å². The van der Waals surface area contributed by atoms with Crippen molar-refractivity contribution in [3.05, 3.63) is 24.3 Å². The summed E-state index contributed by atoms with van der Waals surface area (Å²) >= 11 is 0. The Labute approximate surface area is 142 Å². The summed E-state index contributed by atoms with van der Waals surface area (Å²) in [6, 6.07) is 0. The molecule has 3 rings (SSSR count). The van der Waals surface area contributed by atoms with Gasteiger partial charge in [0.15, 0.2) is 0 Å². The second kappa shape index (κ2) is 6.84. The SMILES string of the molecule is CN(C)CCN1C(=O)CCC12CCCN(C(=O)c1cnccn1)C2. The summed E-state index contributed by atoms with van der Waals surface area (Å²) in [5, 5.41) is 0. The van der Waals surface area contributed by atoms with Crippen molar-refractivity contribution in [2.24, 2.45) is 0 Å². The van der Waals surface area contributed by atoms with Crippen LogP contribution in [0.1, 0.15) is 36.2 Å². The van der Waals surface area contributed by atoms with Gasteiger partial charge in [-0.25, -0.2) is 4.98 Å². The van der Waals surface area contributed by atoms with Gasteiger partial charge in [0.25, 0.3) is 5.91 Å². The standard InChI is InChI=1S/C17H25N5O2/c1-20(2)10-11-22-15(23)4-6-17(22)5-3-9-21(13-17)16(24)14-12-18-7-8-19-14/h7-8,12H,3-6,9-11,13H2,1-2H3. The molecule has 1 unspecified atom stereocenters. The first-order valence-corrected chi connectivity index (χ1v) is 8.52. The molecule has 0 aliphatic carbocycles. The molecule has 0 bridgehead atoms. The molecule has 24 heavy (non-hydrogen) atoms. The van der Waals surface area contributed by atoms with E-state index in [1.807, 2.05) is 23.9 Å². The van der Waals surface area contributed by atoms with Crippen molar-refractivity contribution in [3.8, 4) is 0 Å². The summed E-state index contributed by atoms with van der Waals surface area (Å²) in [5.41, 5.74) is 0.169. The second-order valence-corrected chi connectivity index (χ2v) is 6.99. The number of piperidine rings is 1. The summed E-state index contributed by atoms with van der Waals surface area (Å²) in [6.07, 6.45) is 7.91. The summed E-state index contributed by atoms with van der Waals surface area (Å²) < 4.78 is 0. The molecule has 2 fully saturated rings. The first-order chi connectivity index (χ1) is 11.5. The molecule has 3 heterocycles. The molecule has 7 nitrogen and oxygen atoms in total. The molecule has 1 atom stereocenters. The van der Waals surface area contributed by atoms with Gasteiger partial charge in [-0.3, -0.25) is 14.6 Å². The van der Waals surface area contributed by atoms with Crippen molar-refractivity contribution < 1.29 is 9.59 Å². The van der Waals surface area contributed by atoms with E-state index in [4.69, 9.17) is 0 Å². The number of hydrogen-bond donors (Lipinski definition) is 0. The Kier molecular flexibility index (Phi) is 4.80. The normalized spacial score (nSPS) is 24.2. The van der Waals surface area contributed by atoms with Crippen molar-refractivity contribution in [2.45, 2.75) is 31.2 Å². The number of aromatic nitrogens is 2. The fraction of sp³-hybridized carbons (Fsp3) is 0.647. The minimum absolute atomic E-state index is 0.0888. The molecule has 7 heteroatoms. The monoisotopic (exact) mass is 331 g/mol. The van der Waals surface area contributed by atoms with E-state index in [1.165, 1.54) is 12.4 Å². The van der Waals surface area contributed by atoms with Gasteiger partial charge in [0, 0.05) is 45.0 Å². The van der Waals surface area contributed by atoms with Crippen LogP contribution in [0.5, 0.6) is 0 Å². The largest absolute Gasteiger partial charge is 0.335 e. The Morgan fingerprint density at radius 1 is 1.33 bits per heavy atom. The maximum atomic E-state index is 12.7. The van der Waals surface area contributed by atoms with Crippen LogP contribution in [0.3, 0.4) is 0 Å². The van der Waals surface area contributed by atoms with Crippen LogP contribution >= 0.6 is 0 Å². The number of likely N-dealkylation sites (tertiary alicyclic amines) is 2. The number of carbonyl (C=O) groups excluding carboxylic acids is 2. The van der Waals surface area contributed by atoms with Crippen LogP contribution < -0.4 is 0 Å². The van der Waals surface area contributed by atoms with Gasteiger partial charge in [0.1, 0.15) is 5.69 Å². The molecule has 2 amide bonds. The van der Waals surface area contributed by atoms with Crippen LogP contribution in [0.4, 0.5) is 0 Å². The van der Waals surface area contributed by atoms with Gasteiger partial charge in [-0.15, -0.1) is 0 Å². The Morgan fingerprint density at radius 3 is 2.88 bits per heavy atom. The van der Waals surface area contributed by atoms with E-state index in [1.54, 1.807) is 6.20 Å². The van der Waals surface area contributed by atoms with Gasteiger partial charge in [0.2, 0.25) is 5.91 Å². The molecule has 2 saturated heterocycles. The first kappa shape index (κ1) is 16.8. The van der Waals surface area contributed by atoms with Crippen LogP contribution in [-0.4, -0.2) is 82.3 Å². The lowest BCUT2D eigenvalue weighted by atomic mass is 9.86. The Hall–Kier alpha value is -2.02. The van der Waals surface area contributed by atoms with Crippen molar-refractivity contribution in [2.75, 3.05) is 40.3 Å². The number of nitrogens with zero attached hydrogens (tertiary/aromatic N) is 5. The van der Waals surface area contributed by atoms with E-state index in [0.717, 1.165) is 32.4 Å². The van der Waals surface area contributed by atoms with E-state index in [9.17, 15) is 9.59 Å². The van der Waals surface area contributed by atoms with Crippen LogP contribution in [0.25, 0.3) is 0 Å². The Balaban J connectivity index is 1.76. The predicted octanol–water partition coefficient (Wildman–Crippen LogP) is 0.635. The van der Waals surface area contributed by atoms with Gasteiger partial charge < -0.3 is 14.7 Å². The zero-order valence-corrected chi connectivity index (χ0v) is 14.4. The maximum Gasteiger partial charge on any atom is 0.274 e. The molecule has 2 aliphatic heterocycles. The average molecular weight is 331 g/mol. The van der Waals surface area contributed by atoms with Crippen molar-refractivity contribution in [3.63, 3.8) is 0 Å². The molecule has 0 radical (unpaired) electrons. The molecule has 1 aromatic rings. The summed E-state index contributed by atoms with van der Waals surface area (Å²) in [7, 11) is 4.02. The Bertz CT molecular complexity index is 606. The number of rotatable bonds is 4. The molecule has 0 saturated carbocycles. The second-order valence-electron chi connectivity index (χ2n) is 6.99. The first-order valence-electron chi connectivity index (χ1n) is 8.52. The number of likely N-dealkylation sites (N-methyl/N-ethyl adjacent to an activating group) is 1. The van der Waals surface area contributed by atoms with Gasteiger partial charge in [-0.05, 0) is 33.4 Å². The number of carbonyl (C=O) groups is 2. The molecule has 0 N–H and O–H groups in total. The van der Waals surface area contributed by atoms with Crippen molar-refractivity contribution in [1.29, 1.82) is 0 Å². The van der Waals surface area contributed by atoms with Crippen LogP contribution in [0.15, 0.2) is 18.6 Å². The third kappa shape index (κ3) is 3.26. The molecular formula is C17H25N5O2. The van der Waals surface area contributed by atoms with Gasteiger partial charge in [0.05, 0.1) is 11.7 Å². The van der Waals surface area contributed by atoms with Crippen molar-refractivity contribution in [1.82, 2.24) is 24.7 Å². The highest BCUT2D eigenvalue weighted by atomic mass is 16.2. The number of amides is 2. The van der Waals surface area contributed by atoms with Gasteiger partial charge in [-0.1, -0.05) is 0 Å². The smallest absolute Gasteiger partial charge is 0.274 e. The zero-order chi connectivity index (χ0) is 17.2. The van der Waals surface area contributed by atoms with Gasteiger partial charge >= 0.3 is 0 Å². The molecular weight excluding hydrogens is 306 g/mol. The van der Waals surface area contributed by atoms with E-state index < -0.39 is 0 Å². The average Bonchev–Trinajstić information content (AvgIpc) is 2.88. The Morgan fingerprint density at radius 2 is 2.17 bits per heavy atom. The highest BCUT2D eigenvalue weighted by molar-refractivity contribution is 5.92. The zero-order valence-electron chi connectivity index (χ0n) is 14.4. The molecule has 1 aromatic heterocycles. The minimum atomic E-state index is -0.205. The summed E-state index contributed by atoms with van der Waals surface area (Å²) in [6.45, 7) is 2.87. The topological polar surface area (TPSA) is 69.6 Å². The summed E-state index contributed by atoms with van der Waals surface area (Å²) in [5.74, 6) is 0.125. The van der Waals surface area contributed by atoms with E-state index in [-0.39, 0.29) is 17.4 Å². The van der Waals surface area contributed by atoms with E-state index >= 15 is 0 Å². The lowest BCUT2D eigenvalue weighted by Gasteiger charge is -2.46. The minimum Gasteiger partial charge on any atom is -0.335 e. The third-order valence-electron chi connectivity index (χ3n) is 5.07. The molecule has 2 aliphatic rings. The lowest BCUT2D eigenvalue weighted by Crippen LogP contribution is -2.58. The molecule has 0 aromatic carbocycles. The van der Waals surface area contributed by atoms with Crippen LogP contribution in [0, 0.1) is 0 Å². The predicted molar refractivity (Wildman–Crippen MR) is 89.4 cm³/mol. The fourth-order valence-electron chi connectivity index (χ4n) is 3.82. The van der Waals surface area contributed by atoms with Crippen LogP contribution in [-0.2, 0) is 4.79 Å². The lowest BCUT2D eigenvalue weighted by molar-refractivity contribution is -0.132. The third-order valence-corrected chi connectivity index (χ3v) is 5.07. The maximum absolute atomic E-state index is 12.7. The van der Waals surface area contributed by atoms with E-state index in [0.29, 0.717) is 25.2 Å². The molecule has 1 spiro atoms. The highest BCUT2D eigenvalue weighted by Crippen LogP contribution is 2.38. The fourth-order valence-corrected chi connectivity index (χ4v) is 3.82.